The van der Waals surface area contributed by atoms with Gasteiger partial charge in [0.1, 0.15) is 0 Å². The molecule has 1 aromatic carbocycles. The number of hydrogen-bond acceptors (Lipinski definition) is 3. The van der Waals surface area contributed by atoms with Crippen molar-refractivity contribution >= 4 is 10.0 Å². The maximum Gasteiger partial charge on any atom is 0.243 e. The van der Waals surface area contributed by atoms with Crippen molar-refractivity contribution < 1.29 is 8.42 Å². The Kier molecular flexibility index (Phi) is 3.25. The van der Waals surface area contributed by atoms with Crippen LogP contribution in [0.4, 0.5) is 0 Å². The number of sulfonamides is 1. The fraction of sp³-hybridized carbons (Fsp3) is 0.500. The van der Waals surface area contributed by atoms with E-state index in [1.54, 1.807) is 12.1 Å². The highest BCUT2D eigenvalue weighted by Gasteiger charge is 2.30. The second kappa shape index (κ2) is 4.40. The van der Waals surface area contributed by atoms with Crippen LogP contribution < -0.4 is 5.73 Å². The quantitative estimate of drug-likeness (QED) is 0.857. The predicted octanol–water partition coefficient (Wildman–Crippen LogP) is 1.03. The summed E-state index contributed by atoms with van der Waals surface area (Å²) in [4.78, 5) is 0.370. The molecule has 0 radical (unpaired) electrons. The normalized spacial score (nSPS) is 21.9. The monoisotopic (exact) mass is 254 g/mol. The summed E-state index contributed by atoms with van der Waals surface area (Å²) in [5.74, 6) is 0. The van der Waals surface area contributed by atoms with Gasteiger partial charge < -0.3 is 5.73 Å². The van der Waals surface area contributed by atoms with Gasteiger partial charge in [0.15, 0.2) is 0 Å². The summed E-state index contributed by atoms with van der Waals surface area (Å²) < 4.78 is 26.1. The van der Waals surface area contributed by atoms with Crippen molar-refractivity contribution in [3.05, 3.63) is 29.3 Å². The first-order valence-electron chi connectivity index (χ1n) is 5.74. The van der Waals surface area contributed by atoms with E-state index in [1.807, 2.05) is 19.9 Å². The maximum atomic E-state index is 12.3. The number of benzene rings is 1. The van der Waals surface area contributed by atoms with Crippen molar-refractivity contribution in [3.63, 3.8) is 0 Å². The Hall–Kier alpha value is -0.910. The van der Waals surface area contributed by atoms with Crippen LogP contribution in [-0.4, -0.2) is 31.9 Å². The third kappa shape index (κ3) is 2.36. The van der Waals surface area contributed by atoms with E-state index in [0.717, 1.165) is 17.5 Å². The molecule has 1 aromatic rings. The molecule has 2 N–H and O–H groups in total. The minimum Gasteiger partial charge on any atom is -0.326 e. The van der Waals surface area contributed by atoms with Crippen molar-refractivity contribution in [2.75, 3.05) is 13.1 Å². The second-order valence-corrected chi connectivity index (χ2v) is 6.60. The molecule has 0 saturated carbocycles. The number of hydrogen-bond donors (Lipinski definition) is 1. The summed E-state index contributed by atoms with van der Waals surface area (Å²) in [6.45, 7) is 4.84. The van der Waals surface area contributed by atoms with E-state index in [0.29, 0.717) is 18.0 Å². The average Bonchev–Trinajstić information content (AvgIpc) is 2.69. The number of aryl methyl sites for hydroxylation is 2. The fourth-order valence-corrected chi connectivity index (χ4v) is 3.59. The summed E-state index contributed by atoms with van der Waals surface area (Å²) >= 11 is 0. The third-order valence-corrected chi connectivity index (χ3v) is 5.16. The van der Waals surface area contributed by atoms with E-state index in [1.165, 1.54) is 4.31 Å². The largest absolute Gasteiger partial charge is 0.326 e. The van der Waals surface area contributed by atoms with E-state index >= 15 is 0 Å². The first kappa shape index (κ1) is 12.5. The average molecular weight is 254 g/mol. The summed E-state index contributed by atoms with van der Waals surface area (Å²) in [6, 6.07) is 5.21. The topological polar surface area (TPSA) is 63.4 Å². The van der Waals surface area contributed by atoms with Crippen LogP contribution in [0.1, 0.15) is 17.5 Å². The van der Waals surface area contributed by atoms with E-state index in [2.05, 4.69) is 0 Å². The van der Waals surface area contributed by atoms with Gasteiger partial charge in [-0.15, -0.1) is 0 Å². The zero-order chi connectivity index (χ0) is 12.6. The molecule has 1 aliphatic rings. The number of rotatable bonds is 2. The Morgan fingerprint density at radius 1 is 1.29 bits per heavy atom. The van der Waals surface area contributed by atoms with E-state index in [9.17, 15) is 8.42 Å². The molecule has 4 nitrogen and oxygen atoms in total. The minimum atomic E-state index is -3.36. The zero-order valence-corrected chi connectivity index (χ0v) is 11.0. The van der Waals surface area contributed by atoms with Gasteiger partial charge in [0.05, 0.1) is 4.90 Å². The smallest absolute Gasteiger partial charge is 0.243 e. The molecule has 0 spiro atoms. The van der Waals surface area contributed by atoms with E-state index < -0.39 is 10.0 Å². The molecule has 94 valence electrons. The van der Waals surface area contributed by atoms with Crippen molar-refractivity contribution in [1.82, 2.24) is 4.31 Å². The Balaban J connectivity index is 2.35. The molecule has 0 bridgehead atoms. The third-order valence-electron chi connectivity index (χ3n) is 3.30. The van der Waals surface area contributed by atoms with Gasteiger partial charge in [-0.1, -0.05) is 6.07 Å². The van der Waals surface area contributed by atoms with Crippen LogP contribution in [0.3, 0.4) is 0 Å². The molecule has 1 aliphatic heterocycles. The summed E-state index contributed by atoms with van der Waals surface area (Å²) in [7, 11) is -3.36. The van der Waals surface area contributed by atoms with Gasteiger partial charge in [-0.05, 0) is 43.5 Å². The SMILES string of the molecule is Cc1ccc(S(=O)(=O)N2CCC(N)C2)cc1C. The second-order valence-electron chi connectivity index (χ2n) is 4.66. The molecule has 17 heavy (non-hydrogen) atoms. The minimum absolute atomic E-state index is 0.0312. The summed E-state index contributed by atoms with van der Waals surface area (Å²) in [5, 5.41) is 0. The zero-order valence-electron chi connectivity index (χ0n) is 10.2. The van der Waals surface area contributed by atoms with Gasteiger partial charge in [-0.2, -0.15) is 4.31 Å². The van der Waals surface area contributed by atoms with Gasteiger partial charge in [-0.3, -0.25) is 0 Å². The Morgan fingerprint density at radius 2 is 2.00 bits per heavy atom. The van der Waals surface area contributed by atoms with Gasteiger partial charge >= 0.3 is 0 Å². The lowest BCUT2D eigenvalue weighted by Crippen LogP contribution is -2.32. The molecular weight excluding hydrogens is 236 g/mol. The van der Waals surface area contributed by atoms with Gasteiger partial charge in [-0.25, -0.2) is 8.42 Å². The van der Waals surface area contributed by atoms with Gasteiger partial charge in [0.2, 0.25) is 10.0 Å². The lowest BCUT2D eigenvalue weighted by Gasteiger charge is -2.16. The number of nitrogens with zero attached hydrogens (tertiary/aromatic N) is 1. The fourth-order valence-electron chi connectivity index (χ4n) is 2.00. The van der Waals surface area contributed by atoms with Crippen molar-refractivity contribution in [1.29, 1.82) is 0 Å². The molecule has 0 amide bonds. The van der Waals surface area contributed by atoms with Gasteiger partial charge in [0, 0.05) is 19.1 Å². The Labute approximate surface area is 102 Å². The molecule has 1 fully saturated rings. The molecule has 0 aromatic heterocycles. The van der Waals surface area contributed by atoms with Crippen molar-refractivity contribution in [2.45, 2.75) is 31.2 Å². The summed E-state index contributed by atoms with van der Waals surface area (Å²) in [5.41, 5.74) is 7.84. The first-order valence-corrected chi connectivity index (χ1v) is 7.18. The van der Waals surface area contributed by atoms with E-state index in [-0.39, 0.29) is 6.04 Å². The highest BCUT2D eigenvalue weighted by Crippen LogP contribution is 2.22. The van der Waals surface area contributed by atoms with Crippen molar-refractivity contribution in [3.8, 4) is 0 Å². The lowest BCUT2D eigenvalue weighted by atomic mass is 10.1. The molecule has 1 saturated heterocycles. The van der Waals surface area contributed by atoms with Crippen LogP contribution in [0, 0.1) is 13.8 Å². The summed E-state index contributed by atoms with van der Waals surface area (Å²) in [6.07, 6.45) is 0.740. The molecule has 1 unspecified atom stereocenters. The predicted molar refractivity (Wildman–Crippen MR) is 67.3 cm³/mol. The van der Waals surface area contributed by atoms with Gasteiger partial charge in [0.25, 0.3) is 0 Å². The van der Waals surface area contributed by atoms with Crippen LogP contribution in [0.5, 0.6) is 0 Å². The molecule has 1 heterocycles. The molecular formula is C12H18N2O2S. The first-order chi connectivity index (χ1) is 7.91. The highest BCUT2D eigenvalue weighted by molar-refractivity contribution is 7.89. The maximum absolute atomic E-state index is 12.3. The van der Waals surface area contributed by atoms with E-state index in [4.69, 9.17) is 5.73 Å². The van der Waals surface area contributed by atoms with Crippen LogP contribution in [0.25, 0.3) is 0 Å². The number of nitrogens with two attached hydrogens (primary N) is 1. The van der Waals surface area contributed by atoms with Crippen LogP contribution in [-0.2, 0) is 10.0 Å². The molecule has 5 heteroatoms. The van der Waals surface area contributed by atoms with Crippen molar-refractivity contribution in [2.24, 2.45) is 5.73 Å². The lowest BCUT2D eigenvalue weighted by molar-refractivity contribution is 0.472. The van der Waals surface area contributed by atoms with Crippen LogP contribution in [0.2, 0.25) is 0 Å². The highest BCUT2D eigenvalue weighted by atomic mass is 32.2. The Bertz CT molecular complexity index is 525. The molecule has 1 atom stereocenters. The molecule has 0 aliphatic carbocycles. The van der Waals surface area contributed by atoms with Crippen LogP contribution >= 0.6 is 0 Å². The standard InChI is InChI=1S/C12H18N2O2S/c1-9-3-4-12(7-10(9)2)17(15,16)14-6-5-11(13)8-14/h3-4,7,11H,5-6,8,13H2,1-2H3. The Morgan fingerprint density at radius 3 is 2.53 bits per heavy atom. The van der Waals surface area contributed by atoms with Crippen LogP contribution in [0.15, 0.2) is 23.1 Å². The molecule has 2 rings (SSSR count).